The van der Waals surface area contributed by atoms with Crippen LogP contribution >= 0.6 is 0 Å². The van der Waals surface area contributed by atoms with Crippen molar-refractivity contribution in [3.8, 4) is 22.9 Å². The number of rotatable bonds is 6. The number of benzene rings is 2. The summed E-state index contributed by atoms with van der Waals surface area (Å²) in [5, 5.41) is 6.81. The molecule has 1 amide bonds. The quantitative estimate of drug-likeness (QED) is 0.732. The Bertz CT molecular complexity index is 873. The van der Waals surface area contributed by atoms with E-state index in [1.54, 1.807) is 45.4 Å². The second-order valence-electron chi connectivity index (χ2n) is 5.61. The first-order valence-electron chi connectivity index (χ1n) is 8.03. The second kappa shape index (κ2) is 7.69. The molecule has 0 aliphatic carbocycles. The normalized spacial score (nSPS) is 11.7. The average molecular weight is 353 g/mol. The summed E-state index contributed by atoms with van der Waals surface area (Å²) in [6.07, 6.45) is 0. The van der Waals surface area contributed by atoms with Crippen LogP contribution in [-0.4, -0.2) is 30.3 Å². The zero-order valence-corrected chi connectivity index (χ0v) is 14.7. The highest BCUT2D eigenvalue weighted by Crippen LogP contribution is 2.21. The van der Waals surface area contributed by atoms with Crippen molar-refractivity contribution in [2.24, 2.45) is 0 Å². The largest absolute Gasteiger partial charge is 0.497 e. The maximum Gasteiger partial charge on any atom is 0.251 e. The van der Waals surface area contributed by atoms with Crippen molar-refractivity contribution >= 4 is 5.91 Å². The summed E-state index contributed by atoms with van der Waals surface area (Å²) in [4.78, 5) is 16.7. The Labute approximate surface area is 150 Å². The Hall–Kier alpha value is -3.35. The monoisotopic (exact) mass is 353 g/mol. The van der Waals surface area contributed by atoms with E-state index in [0.717, 1.165) is 11.3 Å². The van der Waals surface area contributed by atoms with E-state index in [-0.39, 0.29) is 5.91 Å². The third kappa shape index (κ3) is 3.83. The molecule has 0 saturated heterocycles. The van der Waals surface area contributed by atoms with Crippen LogP contribution in [0, 0.1) is 0 Å². The van der Waals surface area contributed by atoms with Crippen LogP contribution in [0.15, 0.2) is 53.1 Å². The lowest BCUT2D eigenvalue weighted by atomic mass is 10.2. The highest BCUT2D eigenvalue weighted by molar-refractivity contribution is 5.94. The van der Waals surface area contributed by atoms with Gasteiger partial charge < -0.3 is 19.3 Å². The lowest BCUT2D eigenvalue weighted by molar-refractivity contribution is 0.0932. The Balaban J connectivity index is 1.68. The molecule has 7 nitrogen and oxygen atoms in total. The summed E-state index contributed by atoms with van der Waals surface area (Å²) in [5.74, 6) is 1.99. The van der Waals surface area contributed by atoms with Crippen LogP contribution in [-0.2, 0) is 0 Å². The fraction of sp³-hybridized carbons (Fsp3) is 0.211. The van der Waals surface area contributed by atoms with Crippen molar-refractivity contribution in [3.63, 3.8) is 0 Å². The van der Waals surface area contributed by atoms with Gasteiger partial charge in [0.1, 0.15) is 17.5 Å². The van der Waals surface area contributed by atoms with E-state index < -0.39 is 6.04 Å². The molecule has 1 N–H and O–H groups in total. The molecule has 0 unspecified atom stereocenters. The van der Waals surface area contributed by atoms with Gasteiger partial charge in [-0.1, -0.05) is 5.16 Å². The number of ether oxygens (including phenoxy) is 2. The molecule has 1 heterocycles. The minimum absolute atomic E-state index is 0.232. The van der Waals surface area contributed by atoms with Gasteiger partial charge in [-0.3, -0.25) is 4.79 Å². The number of carbonyl (C=O) groups excluding carboxylic acids is 1. The van der Waals surface area contributed by atoms with Crippen molar-refractivity contribution in [2.75, 3.05) is 14.2 Å². The molecule has 0 fully saturated rings. The molecule has 3 aromatic rings. The van der Waals surface area contributed by atoms with Crippen LogP contribution < -0.4 is 14.8 Å². The summed E-state index contributed by atoms with van der Waals surface area (Å²) in [5.41, 5.74) is 1.32. The van der Waals surface area contributed by atoms with E-state index in [1.165, 1.54) is 0 Å². The Morgan fingerprint density at radius 3 is 2.15 bits per heavy atom. The summed E-state index contributed by atoms with van der Waals surface area (Å²) in [6, 6.07) is 13.7. The molecule has 0 bridgehead atoms. The van der Waals surface area contributed by atoms with Crippen LogP contribution in [0.2, 0.25) is 0 Å². The fourth-order valence-corrected chi connectivity index (χ4v) is 2.35. The molecule has 0 radical (unpaired) electrons. The van der Waals surface area contributed by atoms with Crippen molar-refractivity contribution in [1.82, 2.24) is 15.5 Å². The number of hydrogen-bond acceptors (Lipinski definition) is 6. The zero-order chi connectivity index (χ0) is 18.5. The lowest BCUT2D eigenvalue weighted by Gasteiger charge is -2.10. The van der Waals surface area contributed by atoms with E-state index in [4.69, 9.17) is 14.0 Å². The van der Waals surface area contributed by atoms with Crippen LogP contribution in [0.4, 0.5) is 0 Å². The molecule has 26 heavy (non-hydrogen) atoms. The molecular formula is C19H19N3O4. The minimum atomic E-state index is -0.427. The van der Waals surface area contributed by atoms with Gasteiger partial charge in [0, 0.05) is 11.1 Å². The molecule has 7 heteroatoms. The first-order chi connectivity index (χ1) is 12.6. The van der Waals surface area contributed by atoms with Gasteiger partial charge >= 0.3 is 0 Å². The average Bonchev–Trinajstić information content (AvgIpc) is 3.18. The summed E-state index contributed by atoms with van der Waals surface area (Å²) in [6.45, 7) is 1.78. The van der Waals surface area contributed by atoms with E-state index in [2.05, 4.69) is 15.5 Å². The SMILES string of the molecule is COc1ccc(C(=O)N[C@H](C)c2nc(-c3ccc(OC)cc3)no2)cc1. The molecule has 0 aliphatic rings. The molecule has 0 saturated carbocycles. The third-order valence-electron chi connectivity index (χ3n) is 3.86. The van der Waals surface area contributed by atoms with Crippen molar-refractivity contribution in [2.45, 2.75) is 13.0 Å². The third-order valence-corrected chi connectivity index (χ3v) is 3.86. The Kier molecular flexibility index (Phi) is 5.17. The minimum Gasteiger partial charge on any atom is -0.497 e. The van der Waals surface area contributed by atoms with Gasteiger partial charge in [0.05, 0.1) is 14.2 Å². The molecular weight excluding hydrogens is 334 g/mol. The van der Waals surface area contributed by atoms with E-state index in [1.807, 2.05) is 24.3 Å². The zero-order valence-electron chi connectivity index (χ0n) is 14.7. The van der Waals surface area contributed by atoms with Gasteiger partial charge in [0.2, 0.25) is 11.7 Å². The predicted octanol–water partition coefficient (Wildman–Crippen LogP) is 3.24. The first kappa shape index (κ1) is 17.5. The molecule has 2 aromatic carbocycles. The van der Waals surface area contributed by atoms with Crippen LogP contribution in [0.25, 0.3) is 11.4 Å². The number of carbonyl (C=O) groups is 1. The molecule has 1 atom stereocenters. The van der Waals surface area contributed by atoms with E-state index in [0.29, 0.717) is 23.0 Å². The number of hydrogen-bond donors (Lipinski definition) is 1. The number of nitrogens with zero attached hydrogens (tertiary/aromatic N) is 2. The standard InChI is InChI=1S/C19H19N3O4/c1-12(20-18(23)14-6-10-16(25-3)11-7-14)19-21-17(22-26-19)13-4-8-15(24-2)9-5-13/h4-12H,1-3H3,(H,20,23)/t12-/m1/s1. The van der Waals surface area contributed by atoms with Crippen molar-refractivity contribution in [1.29, 1.82) is 0 Å². The predicted molar refractivity (Wildman–Crippen MR) is 95.2 cm³/mol. The van der Waals surface area contributed by atoms with Gasteiger partial charge in [-0.05, 0) is 55.5 Å². The van der Waals surface area contributed by atoms with Crippen molar-refractivity contribution < 1.29 is 18.8 Å². The maximum absolute atomic E-state index is 12.3. The Morgan fingerprint density at radius 1 is 1.00 bits per heavy atom. The van der Waals surface area contributed by atoms with Crippen molar-refractivity contribution in [3.05, 3.63) is 60.0 Å². The van der Waals surface area contributed by atoms with E-state index in [9.17, 15) is 4.79 Å². The number of aromatic nitrogens is 2. The van der Waals surface area contributed by atoms with Gasteiger partial charge in [-0.15, -0.1) is 0 Å². The fourth-order valence-electron chi connectivity index (χ4n) is 2.35. The van der Waals surface area contributed by atoms with Crippen LogP contribution in [0.3, 0.4) is 0 Å². The highest BCUT2D eigenvalue weighted by Gasteiger charge is 2.18. The van der Waals surface area contributed by atoms with Crippen LogP contribution in [0.5, 0.6) is 11.5 Å². The topological polar surface area (TPSA) is 86.5 Å². The highest BCUT2D eigenvalue weighted by atomic mass is 16.5. The first-order valence-corrected chi connectivity index (χ1v) is 8.03. The summed E-state index contributed by atoms with van der Waals surface area (Å²) in [7, 11) is 3.18. The number of nitrogens with one attached hydrogen (secondary N) is 1. The molecule has 1 aromatic heterocycles. The number of methoxy groups -OCH3 is 2. The molecule has 134 valence electrons. The summed E-state index contributed by atoms with van der Waals surface area (Å²) < 4.78 is 15.5. The second-order valence-corrected chi connectivity index (χ2v) is 5.61. The van der Waals surface area contributed by atoms with Gasteiger partial charge in [-0.25, -0.2) is 0 Å². The molecule has 3 rings (SSSR count). The summed E-state index contributed by atoms with van der Waals surface area (Å²) >= 11 is 0. The lowest BCUT2D eigenvalue weighted by Crippen LogP contribution is -2.26. The number of amides is 1. The van der Waals surface area contributed by atoms with Crippen LogP contribution in [0.1, 0.15) is 29.2 Å². The van der Waals surface area contributed by atoms with Gasteiger partial charge in [0.15, 0.2) is 0 Å². The van der Waals surface area contributed by atoms with Gasteiger partial charge in [0.25, 0.3) is 5.91 Å². The molecule has 0 aliphatic heterocycles. The Morgan fingerprint density at radius 2 is 1.58 bits per heavy atom. The maximum atomic E-state index is 12.3. The smallest absolute Gasteiger partial charge is 0.251 e. The van der Waals surface area contributed by atoms with Gasteiger partial charge in [-0.2, -0.15) is 4.98 Å². The molecule has 0 spiro atoms. The van der Waals surface area contributed by atoms with E-state index >= 15 is 0 Å².